The fraction of sp³-hybridized carbons (Fsp3) is 0.130. The summed E-state index contributed by atoms with van der Waals surface area (Å²) in [6.45, 7) is -0.252. The first-order valence-electron chi connectivity index (χ1n) is 9.65. The highest BCUT2D eigenvalue weighted by Gasteiger charge is 2.15. The zero-order chi connectivity index (χ0) is 22.7. The number of carbonyl (C=O) groups is 2. The Morgan fingerprint density at radius 3 is 2.59 bits per heavy atom. The Morgan fingerprint density at radius 2 is 1.81 bits per heavy atom. The molecule has 0 radical (unpaired) electrons. The number of halogens is 1. The van der Waals surface area contributed by atoms with E-state index in [1.54, 1.807) is 42.5 Å². The lowest BCUT2D eigenvalue weighted by Gasteiger charge is -2.10. The van der Waals surface area contributed by atoms with E-state index in [0.29, 0.717) is 33.8 Å². The molecule has 0 spiro atoms. The third kappa shape index (κ3) is 4.00. The van der Waals surface area contributed by atoms with Crippen molar-refractivity contribution in [1.82, 2.24) is 20.1 Å². The van der Waals surface area contributed by atoms with Gasteiger partial charge in [0.1, 0.15) is 11.5 Å². The fourth-order valence-corrected chi connectivity index (χ4v) is 3.23. The van der Waals surface area contributed by atoms with Crippen LogP contribution in [0, 0.1) is 5.82 Å². The number of fused-ring (bicyclic) bond motifs is 1. The zero-order valence-electron chi connectivity index (χ0n) is 17.3. The number of ether oxygens (including phenoxy) is 2. The summed E-state index contributed by atoms with van der Waals surface area (Å²) < 4.78 is 25.8. The van der Waals surface area contributed by atoms with Crippen molar-refractivity contribution < 1.29 is 23.5 Å². The molecule has 0 fully saturated rings. The van der Waals surface area contributed by atoms with Gasteiger partial charge in [0.05, 0.1) is 37.9 Å². The third-order valence-corrected chi connectivity index (χ3v) is 4.85. The van der Waals surface area contributed by atoms with Crippen LogP contribution < -0.4 is 14.8 Å². The number of hydrogen-bond donors (Lipinski definition) is 1. The second-order valence-corrected chi connectivity index (χ2v) is 6.79. The summed E-state index contributed by atoms with van der Waals surface area (Å²) in [4.78, 5) is 29.4. The van der Waals surface area contributed by atoms with Crippen LogP contribution in [0.3, 0.4) is 0 Å². The topological polar surface area (TPSA) is 95.3 Å². The summed E-state index contributed by atoms with van der Waals surface area (Å²) in [5.74, 6) is 0.0461. The third-order valence-electron chi connectivity index (χ3n) is 4.85. The Labute approximate surface area is 182 Å². The first-order chi connectivity index (χ1) is 15.5. The number of aromatic nitrogens is 3. The van der Waals surface area contributed by atoms with Crippen LogP contribution in [0.15, 0.2) is 60.8 Å². The predicted molar refractivity (Wildman–Crippen MR) is 115 cm³/mol. The van der Waals surface area contributed by atoms with Gasteiger partial charge in [-0.3, -0.25) is 9.59 Å². The lowest BCUT2D eigenvalue weighted by molar-refractivity contribution is 0.0902. The van der Waals surface area contributed by atoms with Gasteiger partial charge in [-0.05, 0) is 42.5 Å². The smallest absolute Gasteiger partial charge is 0.251 e. The van der Waals surface area contributed by atoms with Crippen LogP contribution in [-0.4, -0.2) is 47.2 Å². The van der Waals surface area contributed by atoms with Gasteiger partial charge in [-0.1, -0.05) is 12.1 Å². The summed E-state index contributed by atoms with van der Waals surface area (Å²) in [6, 6.07) is 14.2. The normalized spacial score (nSPS) is 10.7. The molecule has 8 nitrogen and oxygen atoms in total. The lowest BCUT2D eigenvalue weighted by Crippen LogP contribution is -2.30. The number of ketones is 1. The number of Topliss-reactive ketones (excluding diaryl/α,β-unsaturated/α-hetero) is 1. The molecule has 162 valence electrons. The van der Waals surface area contributed by atoms with Crippen molar-refractivity contribution in [2.24, 2.45) is 0 Å². The molecule has 1 amide bonds. The molecule has 2 heterocycles. The molecule has 0 unspecified atom stereocenters. The number of hydrogen-bond acceptors (Lipinski definition) is 6. The van der Waals surface area contributed by atoms with Gasteiger partial charge >= 0.3 is 0 Å². The van der Waals surface area contributed by atoms with Gasteiger partial charge in [-0.25, -0.2) is 14.1 Å². The minimum absolute atomic E-state index is 0.148. The van der Waals surface area contributed by atoms with E-state index in [1.807, 2.05) is 0 Å². The summed E-state index contributed by atoms with van der Waals surface area (Å²) >= 11 is 0. The maximum absolute atomic E-state index is 13.9. The van der Waals surface area contributed by atoms with Crippen molar-refractivity contribution in [3.63, 3.8) is 0 Å². The molecule has 0 aliphatic heterocycles. The number of benzene rings is 2. The highest BCUT2D eigenvalue weighted by atomic mass is 19.1. The first-order valence-corrected chi connectivity index (χ1v) is 9.65. The van der Waals surface area contributed by atoms with Crippen LogP contribution in [0.25, 0.3) is 16.7 Å². The average molecular weight is 434 g/mol. The Morgan fingerprint density at radius 1 is 1.03 bits per heavy atom. The van der Waals surface area contributed by atoms with E-state index in [0.717, 1.165) is 0 Å². The monoisotopic (exact) mass is 434 g/mol. The number of nitrogens with zero attached hydrogens (tertiary/aromatic N) is 3. The van der Waals surface area contributed by atoms with Crippen LogP contribution in [0.4, 0.5) is 4.39 Å². The minimum atomic E-state index is -0.441. The van der Waals surface area contributed by atoms with Gasteiger partial charge in [-0.2, -0.15) is 5.10 Å². The molecule has 9 heteroatoms. The quantitative estimate of drug-likeness (QED) is 0.449. The van der Waals surface area contributed by atoms with Crippen LogP contribution in [0.5, 0.6) is 11.5 Å². The number of carbonyl (C=O) groups excluding carboxylic acids is 2. The number of rotatable bonds is 7. The fourth-order valence-electron chi connectivity index (χ4n) is 3.23. The van der Waals surface area contributed by atoms with Crippen molar-refractivity contribution in [1.29, 1.82) is 0 Å². The van der Waals surface area contributed by atoms with Crippen LogP contribution in [0.1, 0.15) is 20.8 Å². The first kappa shape index (κ1) is 21.0. The van der Waals surface area contributed by atoms with E-state index in [9.17, 15) is 14.0 Å². The maximum Gasteiger partial charge on any atom is 0.251 e. The van der Waals surface area contributed by atoms with E-state index in [2.05, 4.69) is 15.4 Å². The summed E-state index contributed by atoms with van der Waals surface area (Å²) in [7, 11) is 2.97. The molecule has 0 bridgehead atoms. The van der Waals surface area contributed by atoms with E-state index >= 15 is 0 Å². The van der Waals surface area contributed by atoms with Crippen LogP contribution in [0.2, 0.25) is 0 Å². The Hall–Kier alpha value is -4.27. The second kappa shape index (κ2) is 8.84. The molecule has 0 aliphatic rings. The van der Waals surface area contributed by atoms with Gasteiger partial charge < -0.3 is 14.8 Å². The molecule has 4 rings (SSSR count). The van der Waals surface area contributed by atoms with Crippen molar-refractivity contribution in [2.75, 3.05) is 20.8 Å². The second-order valence-electron chi connectivity index (χ2n) is 6.79. The highest BCUT2D eigenvalue weighted by molar-refractivity contribution is 6.01. The molecule has 0 saturated carbocycles. The van der Waals surface area contributed by atoms with Gasteiger partial charge in [0.25, 0.3) is 5.91 Å². The number of pyridine rings is 1. The Kier molecular flexibility index (Phi) is 5.80. The molecule has 2 aromatic carbocycles. The van der Waals surface area contributed by atoms with E-state index in [1.165, 1.54) is 37.2 Å². The van der Waals surface area contributed by atoms with Crippen LogP contribution >= 0.6 is 0 Å². The van der Waals surface area contributed by atoms with E-state index < -0.39 is 5.91 Å². The molecule has 0 saturated heterocycles. The van der Waals surface area contributed by atoms with Crippen molar-refractivity contribution >= 4 is 22.6 Å². The van der Waals surface area contributed by atoms with Gasteiger partial charge in [0.2, 0.25) is 0 Å². The summed E-state index contributed by atoms with van der Waals surface area (Å²) in [6.07, 6.45) is 1.41. The summed E-state index contributed by atoms with van der Waals surface area (Å²) in [5, 5.41) is 7.12. The van der Waals surface area contributed by atoms with Crippen molar-refractivity contribution in [3.05, 3.63) is 77.9 Å². The number of nitrogens with one attached hydrogen (secondary N) is 1. The molecule has 32 heavy (non-hydrogen) atoms. The Bertz CT molecular complexity index is 1320. The molecular formula is C23H19FN4O4. The molecule has 4 aromatic rings. The van der Waals surface area contributed by atoms with E-state index in [4.69, 9.17) is 9.47 Å². The van der Waals surface area contributed by atoms with Crippen molar-refractivity contribution in [2.45, 2.75) is 0 Å². The lowest BCUT2D eigenvalue weighted by atomic mass is 10.1. The molecular weight excluding hydrogens is 415 g/mol. The average Bonchev–Trinajstić information content (AvgIpc) is 3.27. The standard InChI is InChI=1S/C23H19FN4O4/c1-31-20-10-9-14(11-21(20)32-2)23(30)25-13-19(29)17-6-4-8-22(27-17)28-18-7-3-5-16(24)15(18)12-26-28/h3-12H,13H2,1-2H3,(H,25,30). The molecule has 0 aliphatic carbocycles. The van der Waals surface area contributed by atoms with Gasteiger partial charge in [0.15, 0.2) is 23.1 Å². The maximum atomic E-state index is 13.9. The van der Waals surface area contributed by atoms with Gasteiger partial charge in [0, 0.05) is 5.56 Å². The predicted octanol–water partition coefficient (Wildman–Crippen LogP) is 3.19. The Balaban J connectivity index is 1.50. The molecule has 1 N–H and O–H groups in total. The van der Waals surface area contributed by atoms with Crippen LogP contribution in [-0.2, 0) is 0 Å². The minimum Gasteiger partial charge on any atom is -0.493 e. The largest absolute Gasteiger partial charge is 0.493 e. The number of methoxy groups -OCH3 is 2. The SMILES string of the molecule is COc1ccc(C(=O)NCC(=O)c2cccc(-n3ncc4c(F)cccc43)n2)cc1OC. The van der Waals surface area contributed by atoms with Crippen molar-refractivity contribution in [3.8, 4) is 17.3 Å². The van der Waals surface area contributed by atoms with Gasteiger partial charge in [-0.15, -0.1) is 0 Å². The summed E-state index contributed by atoms with van der Waals surface area (Å²) in [5.41, 5.74) is 1.00. The highest BCUT2D eigenvalue weighted by Crippen LogP contribution is 2.27. The zero-order valence-corrected chi connectivity index (χ0v) is 17.3. The molecule has 0 atom stereocenters. The molecule has 2 aromatic heterocycles. The number of amides is 1. The van der Waals surface area contributed by atoms with E-state index in [-0.39, 0.29) is 23.8 Å².